The van der Waals surface area contributed by atoms with Crippen LogP contribution in [-0.2, 0) is 34.9 Å². The first-order valence-electron chi connectivity index (χ1n) is 13.5. The molecule has 0 aliphatic carbocycles. The fourth-order valence-corrected chi connectivity index (χ4v) is 2.78. The Balaban J connectivity index is 2.83. The zero-order valence-corrected chi connectivity index (χ0v) is 24.4. The van der Waals surface area contributed by atoms with E-state index in [4.69, 9.17) is 38.9 Å². The summed E-state index contributed by atoms with van der Waals surface area (Å²) in [5.74, 6) is -0.734. The lowest BCUT2D eigenvalue weighted by Gasteiger charge is -2.18. The van der Waals surface area contributed by atoms with Crippen molar-refractivity contribution in [1.29, 1.82) is 0 Å². The molecule has 0 fully saturated rings. The first kappa shape index (κ1) is 34.5. The molecule has 0 saturated heterocycles. The van der Waals surface area contributed by atoms with Gasteiger partial charge in [-0.25, -0.2) is 14.4 Å². The predicted molar refractivity (Wildman–Crippen MR) is 144 cm³/mol. The molecular formula is C28H43NO11. The second-order valence-electron chi connectivity index (χ2n) is 9.60. The van der Waals surface area contributed by atoms with Crippen molar-refractivity contribution in [1.82, 2.24) is 0 Å². The zero-order valence-electron chi connectivity index (χ0n) is 24.4. The van der Waals surface area contributed by atoms with Crippen LogP contribution in [0.25, 0.3) is 0 Å². The molecule has 0 aliphatic rings. The van der Waals surface area contributed by atoms with Crippen LogP contribution in [0.2, 0.25) is 0 Å². The Morgan fingerprint density at radius 2 is 1.25 bits per heavy atom. The highest BCUT2D eigenvalue weighted by molar-refractivity contribution is 5.76. The Morgan fingerprint density at radius 3 is 1.80 bits per heavy atom. The molecule has 0 aliphatic heterocycles. The predicted octanol–water partition coefficient (Wildman–Crippen LogP) is 5.32. The van der Waals surface area contributed by atoms with Crippen molar-refractivity contribution in [3.8, 4) is 11.5 Å². The number of nitrogens with two attached hydrogens (primary N) is 1. The summed E-state index contributed by atoms with van der Waals surface area (Å²) in [4.78, 5) is 48.6. The molecule has 1 aromatic rings. The molecule has 2 N–H and O–H groups in total. The molecule has 3 unspecified atom stereocenters. The van der Waals surface area contributed by atoms with E-state index < -0.39 is 42.7 Å². The van der Waals surface area contributed by atoms with Gasteiger partial charge in [-0.05, 0) is 63.6 Å². The highest BCUT2D eigenvalue weighted by Gasteiger charge is 2.23. The molecule has 0 spiro atoms. The molecule has 0 bridgehead atoms. The second-order valence-corrected chi connectivity index (χ2v) is 9.60. The number of esters is 1. The molecule has 12 heteroatoms. The zero-order chi connectivity index (χ0) is 30.2. The third-order valence-corrected chi connectivity index (χ3v) is 5.83. The van der Waals surface area contributed by atoms with E-state index in [0.29, 0.717) is 18.4 Å². The van der Waals surface area contributed by atoms with E-state index in [-0.39, 0.29) is 43.2 Å². The standard InChI is InChI=1S/C28H43NO11/c1-8-17(4)15-34-26(31)35-16-20(7)36-25(30)22(29)13-21-11-12-23(39-27(32)37-18(5)9-2)24(14-21)40-28(33)38-19(6)10-3/h11-12,14,17-20,22H,8-10,13,15-16,29H2,1-7H3/t17?,18?,19?,20-,22-/m0/s1. The van der Waals surface area contributed by atoms with E-state index in [9.17, 15) is 19.2 Å². The first-order valence-corrected chi connectivity index (χ1v) is 13.5. The molecule has 0 radical (unpaired) electrons. The van der Waals surface area contributed by atoms with Gasteiger partial charge in [0.25, 0.3) is 0 Å². The number of rotatable bonds is 15. The fraction of sp³-hybridized carbons (Fsp3) is 0.643. The van der Waals surface area contributed by atoms with Crippen LogP contribution < -0.4 is 15.2 Å². The number of benzene rings is 1. The molecule has 1 aromatic carbocycles. The average Bonchev–Trinajstić information content (AvgIpc) is 2.91. The Morgan fingerprint density at radius 1 is 0.700 bits per heavy atom. The average molecular weight is 570 g/mol. The number of ether oxygens (including phenoxy) is 7. The lowest BCUT2D eigenvalue weighted by molar-refractivity contribution is -0.152. The maximum absolute atomic E-state index is 12.5. The van der Waals surface area contributed by atoms with Crippen molar-refractivity contribution >= 4 is 24.4 Å². The van der Waals surface area contributed by atoms with Crippen LogP contribution in [-0.4, -0.2) is 62.0 Å². The first-order chi connectivity index (χ1) is 18.9. The van der Waals surface area contributed by atoms with Crippen LogP contribution in [0.5, 0.6) is 11.5 Å². The van der Waals surface area contributed by atoms with Crippen LogP contribution in [0, 0.1) is 5.92 Å². The van der Waals surface area contributed by atoms with E-state index in [1.54, 1.807) is 26.8 Å². The molecule has 1 rings (SSSR count). The summed E-state index contributed by atoms with van der Waals surface area (Å²) in [7, 11) is 0. The lowest BCUT2D eigenvalue weighted by atomic mass is 10.1. The summed E-state index contributed by atoms with van der Waals surface area (Å²) >= 11 is 0. The molecule has 0 aromatic heterocycles. The molecule has 0 heterocycles. The van der Waals surface area contributed by atoms with Gasteiger partial charge < -0.3 is 38.9 Å². The molecule has 40 heavy (non-hydrogen) atoms. The van der Waals surface area contributed by atoms with E-state index in [1.807, 2.05) is 27.7 Å². The smallest absolute Gasteiger partial charge is 0.458 e. The van der Waals surface area contributed by atoms with Gasteiger partial charge in [0.2, 0.25) is 0 Å². The Bertz CT molecular complexity index is 968. The van der Waals surface area contributed by atoms with Crippen molar-refractivity contribution < 1.29 is 52.3 Å². The number of hydrogen-bond acceptors (Lipinski definition) is 12. The molecule has 0 saturated carbocycles. The van der Waals surface area contributed by atoms with Crippen molar-refractivity contribution in [2.45, 2.75) is 98.5 Å². The van der Waals surface area contributed by atoms with Gasteiger partial charge in [-0.15, -0.1) is 0 Å². The Kier molecular flexibility index (Phi) is 15.5. The quantitative estimate of drug-likeness (QED) is 0.165. The summed E-state index contributed by atoms with van der Waals surface area (Å²) in [5, 5.41) is 0. The van der Waals surface area contributed by atoms with Crippen LogP contribution in [0.3, 0.4) is 0 Å². The highest BCUT2D eigenvalue weighted by Crippen LogP contribution is 2.30. The van der Waals surface area contributed by atoms with Crippen molar-refractivity contribution in [3.63, 3.8) is 0 Å². The maximum Gasteiger partial charge on any atom is 0.514 e. The third-order valence-electron chi connectivity index (χ3n) is 5.83. The van der Waals surface area contributed by atoms with Gasteiger partial charge in [-0.3, -0.25) is 4.79 Å². The molecular weight excluding hydrogens is 526 g/mol. The monoisotopic (exact) mass is 569 g/mol. The largest absolute Gasteiger partial charge is 0.514 e. The summed E-state index contributed by atoms with van der Waals surface area (Å²) in [6.45, 7) is 12.6. The summed E-state index contributed by atoms with van der Waals surface area (Å²) < 4.78 is 36.0. The van der Waals surface area contributed by atoms with Crippen LogP contribution in [0.1, 0.15) is 73.3 Å². The summed E-state index contributed by atoms with van der Waals surface area (Å²) in [6, 6.07) is 3.24. The SMILES string of the molecule is CCC(C)COC(=O)OC[C@H](C)OC(=O)[C@@H](N)Cc1ccc(OC(=O)OC(C)CC)c(OC(=O)OC(C)CC)c1. The lowest BCUT2D eigenvalue weighted by Crippen LogP contribution is -2.37. The van der Waals surface area contributed by atoms with E-state index in [0.717, 1.165) is 6.42 Å². The highest BCUT2D eigenvalue weighted by atomic mass is 16.8. The second kappa shape index (κ2) is 17.9. The van der Waals surface area contributed by atoms with Crippen molar-refractivity contribution in [2.24, 2.45) is 11.7 Å². The number of carbonyl (C=O) groups is 4. The number of hydrogen-bond donors (Lipinski definition) is 1. The molecule has 0 amide bonds. The molecule has 12 nitrogen and oxygen atoms in total. The van der Waals surface area contributed by atoms with E-state index in [1.165, 1.54) is 12.1 Å². The van der Waals surface area contributed by atoms with Gasteiger partial charge >= 0.3 is 24.4 Å². The minimum absolute atomic E-state index is 0.00226. The van der Waals surface area contributed by atoms with Crippen molar-refractivity contribution in [3.05, 3.63) is 23.8 Å². The van der Waals surface area contributed by atoms with Gasteiger partial charge in [-0.1, -0.05) is 40.2 Å². The van der Waals surface area contributed by atoms with Crippen molar-refractivity contribution in [2.75, 3.05) is 13.2 Å². The van der Waals surface area contributed by atoms with Gasteiger partial charge in [0.15, 0.2) is 11.5 Å². The van der Waals surface area contributed by atoms with Crippen LogP contribution in [0.4, 0.5) is 14.4 Å². The van der Waals surface area contributed by atoms with Crippen LogP contribution >= 0.6 is 0 Å². The van der Waals surface area contributed by atoms with Gasteiger partial charge in [-0.2, -0.15) is 0 Å². The molecule has 5 atom stereocenters. The minimum atomic E-state index is -1.10. The Labute approximate surface area is 235 Å². The van der Waals surface area contributed by atoms with Gasteiger partial charge in [0.1, 0.15) is 31.0 Å². The topological polar surface area (TPSA) is 159 Å². The summed E-state index contributed by atoms with van der Waals surface area (Å²) in [5.41, 5.74) is 6.51. The summed E-state index contributed by atoms with van der Waals surface area (Å²) in [6.07, 6.45) is -2.34. The normalized spacial score (nSPS) is 14.5. The molecule has 226 valence electrons. The van der Waals surface area contributed by atoms with E-state index >= 15 is 0 Å². The number of carbonyl (C=O) groups excluding carboxylic acids is 4. The van der Waals surface area contributed by atoms with Gasteiger partial charge in [0, 0.05) is 0 Å². The van der Waals surface area contributed by atoms with Crippen LogP contribution in [0.15, 0.2) is 18.2 Å². The third kappa shape index (κ3) is 13.5. The Hall–Kier alpha value is -3.54. The van der Waals surface area contributed by atoms with E-state index in [2.05, 4.69) is 0 Å². The van der Waals surface area contributed by atoms with Gasteiger partial charge in [0.05, 0.1) is 6.61 Å². The minimum Gasteiger partial charge on any atom is -0.458 e. The maximum atomic E-state index is 12.5. The fourth-order valence-electron chi connectivity index (χ4n) is 2.78.